The summed E-state index contributed by atoms with van der Waals surface area (Å²) < 4.78 is 29.0. The highest BCUT2D eigenvalue weighted by atomic mass is 19.1. The maximum absolute atomic E-state index is 13.8. The van der Waals surface area contributed by atoms with Gasteiger partial charge in [-0.25, -0.2) is 8.78 Å². The first-order chi connectivity index (χ1) is 9.38. The van der Waals surface area contributed by atoms with Crippen LogP contribution in [0.2, 0.25) is 0 Å². The summed E-state index contributed by atoms with van der Waals surface area (Å²) in [6.45, 7) is 0. The summed E-state index contributed by atoms with van der Waals surface area (Å²) in [6, 6.07) is 2.15. The van der Waals surface area contributed by atoms with E-state index in [0.717, 1.165) is 12.1 Å². The van der Waals surface area contributed by atoms with E-state index in [2.05, 4.69) is 10.4 Å². The minimum Gasteiger partial charge on any atom is -0.373 e. The molecule has 2 aromatic rings. The van der Waals surface area contributed by atoms with Crippen LogP contribution in [0.4, 0.5) is 20.2 Å². The summed E-state index contributed by atoms with van der Waals surface area (Å²) in [6.07, 6.45) is 2.88. The number of rotatable bonds is 3. The quantitative estimate of drug-likeness (QED) is 0.935. The lowest BCUT2D eigenvalue weighted by atomic mass is 10.2. The van der Waals surface area contributed by atoms with Crippen molar-refractivity contribution in [3.8, 4) is 0 Å². The van der Waals surface area contributed by atoms with Crippen LogP contribution in [0.3, 0.4) is 0 Å². The van der Waals surface area contributed by atoms with E-state index in [-0.39, 0.29) is 11.4 Å². The van der Waals surface area contributed by atoms with Gasteiger partial charge in [0.25, 0.3) is 5.91 Å². The minimum absolute atomic E-state index is 0.0550. The van der Waals surface area contributed by atoms with Crippen LogP contribution in [-0.2, 0) is 7.05 Å². The van der Waals surface area contributed by atoms with Gasteiger partial charge in [-0.05, 0) is 12.1 Å². The Balaban J connectivity index is 2.24. The van der Waals surface area contributed by atoms with Crippen molar-refractivity contribution in [2.45, 2.75) is 0 Å². The Bertz CT molecular complexity index is 629. The van der Waals surface area contributed by atoms with E-state index < -0.39 is 17.5 Å². The number of hydrogen-bond acceptors (Lipinski definition) is 3. The van der Waals surface area contributed by atoms with E-state index in [4.69, 9.17) is 0 Å². The fourth-order valence-electron chi connectivity index (χ4n) is 1.81. The predicted octanol–water partition coefficient (Wildman–Crippen LogP) is 2.02. The molecule has 0 aliphatic carbocycles. The highest BCUT2D eigenvalue weighted by molar-refractivity contribution is 6.04. The normalized spacial score (nSPS) is 10.4. The first kappa shape index (κ1) is 14.0. The third kappa shape index (κ3) is 2.76. The SMILES string of the molecule is CN(C)c1c(F)cc(NC(=O)c2cnn(C)c2)cc1F. The first-order valence-corrected chi connectivity index (χ1v) is 5.85. The molecule has 0 radical (unpaired) electrons. The number of anilines is 2. The Hall–Kier alpha value is -2.44. The number of nitrogens with one attached hydrogen (secondary N) is 1. The van der Waals surface area contributed by atoms with Crippen molar-refractivity contribution >= 4 is 17.3 Å². The number of carbonyl (C=O) groups excluding carboxylic acids is 1. The predicted molar refractivity (Wildman–Crippen MR) is 71.8 cm³/mol. The van der Waals surface area contributed by atoms with Crippen LogP contribution in [0.15, 0.2) is 24.5 Å². The molecule has 1 aromatic heterocycles. The Kier molecular flexibility index (Phi) is 3.69. The van der Waals surface area contributed by atoms with Gasteiger partial charge in [0.05, 0.1) is 11.8 Å². The fourth-order valence-corrected chi connectivity index (χ4v) is 1.81. The zero-order valence-electron chi connectivity index (χ0n) is 11.3. The van der Waals surface area contributed by atoms with Gasteiger partial charge in [0, 0.05) is 33.0 Å². The van der Waals surface area contributed by atoms with Crippen molar-refractivity contribution in [3.63, 3.8) is 0 Å². The van der Waals surface area contributed by atoms with Gasteiger partial charge in [-0.2, -0.15) is 5.10 Å². The third-order valence-electron chi connectivity index (χ3n) is 2.69. The van der Waals surface area contributed by atoms with Crippen molar-refractivity contribution < 1.29 is 13.6 Å². The molecule has 0 fully saturated rings. The molecule has 7 heteroatoms. The number of nitrogens with zero attached hydrogens (tertiary/aromatic N) is 3. The first-order valence-electron chi connectivity index (χ1n) is 5.85. The molecule has 0 spiro atoms. The summed E-state index contributed by atoms with van der Waals surface area (Å²) in [4.78, 5) is 13.2. The number of aryl methyl sites for hydroxylation is 1. The molecular weight excluding hydrogens is 266 g/mol. The molecule has 0 aliphatic rings. The Morgan fingerprint density at radius 2 is 1.90 bits per heavy atom. The summed E-state index contributed by atoms with van der Waals surface area (Å²) in [5, 5.41) is 6.28. The van der Waals surface area contributed by atoms with Crippen LogP contribution in [0.5, 0.6) is 0 Å². The van der Waals surface area contributed by atoms with Gasteiger partial charge in [0.15, 0.2) is 11.6 Å². The van der Waals surface area contributed by atoms with Crippen LogP contribution in [-0.4, -0.2) is 29.8 Å². The molecule has 0 saturated heterocycles. The monoisotopic (exact) mass is 280 g/mol. The van der Waals surface area contributed by atoms with Gasteiger partial charge in [-0.15, -0.1) is 0 Å². The largest absolute Gasteiger partial charge is 0.373 e. The topological polar surface area (TPSA) is 50.2 Å². The molecule has 1 amide bonds. The van der Waals surface area contributed by atoms with E-state index in [1.807, 2.05) is 0 Å². The van der Waals surface area contributed by atoms with Crippen LogP contribution >= 0.6 is 0 Å². The smallest absolute Gasteiger partial charge is 0.258 e. The number of hydrogen-bond donors (Lipinski definition) is 1. The maximum Gasteiger partial charge on any atom is 0.258 e. The van der Waals surface area contributed by atoms with Crippen LogP contribution in [0.1, 0.15) is 10.4 Å². The van der Waals surface area contributed by atoms with E-state index in [1.54, 1.807) is 7.05 Å². The standard InChI is InChI=1S/C13H14F2N4O/c1-18(2)12-10(14)4-9(5-11(12)15)17-13(20)8-6-16-19(3)7-8/h4-7H,1-3H3,(H,17,20). The highest BCUT2D eigenvalue weighted by Crippen LogP contribution is 2.25. The molecule has 0 bridgehead atoms. The Labute approximate surface area is 114 Å². The number of aromatic nitrogens is 2. The summed E-state index contributed by atoms with van der Waals surface area (Å²) in [7, 11) is 4.74. The van der Waals surface area contributed by atoms with Crippen LogP contribution in [0, 0.1) is 11.6 Å². The number of halogens is 2. The molecule has 1 heterocycles. The second-order valence-electron chi connectivity index (χ2n) is 4.54. The Morgan fingerprint density at radius 1 is 1.30 bits per heavy atom. The molecule has 2 rings (SSSR count). The summed E-state index contributed by atoms with van der Waals surface area (Å²) in [5.74, 6) is -1.96. The van der Waals surface area contributed by atoms with Crippen molar-refractivity contribution in [1.29, 1.82) is 0 Å². The second kappa shape index (κ2) is 5.28. The van der Waals surface area contributed by atoms with Gasteiger partial charge in [-0.3, -0.25) is 9.48 Å². The van der Waals surface area contributed by atoms with E-state index >= 15 is 0 Å². The second-order valence-corrected chi connectivity index (χ2v) is 4.54. The molecule has 0 atom stereocenters. The van der Waals surface area contributed by atoms with E-state index in [9.17, 15) is 13.6 Å². The van der Waals surface area contributed by atoms with E-state index in [1.165, 1.54) is 36.1 Å². The van der Waals surface area contributed by atoms with Crippen LogP contribution in [0.25, 0.3) is 0 Å². The molecule has 0 unspecified atom stereocenters. The summed E-state index contributed by atoms with van der Waals surface area (Å²) in [5.41, 5.74) is 0.217. The minimum atomic E-state index is -0.739. The lowest BCUT2D eigenvalue weighted by molar-refractivity contribution is 0.102. The molecule has 1 aromatic carbocycles. The van der Waals surface area contributed by atoms with E-state index in [0.29, 0.717) is 5.56 Å². The molecular formula is C13H14F2N4O. The molecule has 0 saturated carbocycles. The van der Waals surface area contributed by atoms with Crippen molar-refractivity contribution in [1.82, 2.24) is 9.78 Å². The molecule has 0 aliphatic heterocycles. The molecule has 106 valence electrons. The number of amides is 1. The van der Waals surface area contributed by atoms with Crippen molar-refractivity contribution in [2.75, 3.05) is 24.3 Å². The lowest BCUT2D eigenvalue weighted by Gasteiger charge is -2.15. The average Bonchev–Trinajstić information content (AvgIpc) is 2.74. The third-order valence-corrected chi connectivity index (χ3v) is 2.69. The zero-order valence-corrected chi connectivity index (χ0v) is 11.3. The zero-order chi connectivity index (χ0) is 14.9. The molecule has 1 N–H and O–H groups in total. The van der Waals surface area contributed by atoms with Crippen LogP contribution < -0.4 is 10.2 Å². The Morgan fingerprint density at radius 3 is 2.35 bits per heavy atom. The van der Waals surface area contributed by atoms with Gasteiger partial charge in [0.1, 0.15) is 5.69 Å². The van der Waals surface area contributed by atoms with Gasteiger partial charge in [0.2, 0.25) is 0 Å². The lowest BCUT2D eigenvalue weighted by Crippen LogP contribution is -2.15. The number of benzene rings is 1. The van der Waals surface area contributed by atoms with Gasteiger partial charge in [-0.1, -0.05) is 0 Å². The summed E-state index contributed by atoms with van der Waals surface area (Å²) >= 11 is 0. The van der Waals surface area contributed by atoms with Crippen molar-refractivity contribution in [2.24, 2.45) is 7.05 Å². The molecule has 20 heavy (non-hydrogen) atoms. The van der Waals surface area contributed by atoms with Crippen molar-refractivity contribution in [3.05, 3.63) is 41.7 Å². The van der Waals surface area contributed by atoms with Gasteiger partial charge < -0.3 is 10.2 Å². The fraction of sp³-hybridized carbons (Fsp3) is 0.231. The highest BCUT2D eigenvalue weighted by Gasteiger charge is 2.15. The molecule has 5 nitrogen and oxygen atoms in total. The number of carbonyl (C=O) groups is 1. The average molecular weight is 280 g/mol. The maximum atomic E-state index is 13.8. The van der Waals surface area contributed by atoms with Gasteiger partial charge >= 0.3 is 0 Å².